The molecule has 0 saturated heterocycles. The van der Waals surface area contributed by atoms with Crippen LogP contribution in [0.3, 0.4) is 0 Å². The number of rotatable bonds is 5. The van der Waals surface area contributed by atoms with Gasteiger partial charge in [-0.15, -0.1) is 11.6 Å². The number of carboxylic acids is 1. The first-order valence-corrected chi connectivity index (χ1v) is 4.44. The van der Waals surface area contributed by atoms with Crippen LogP contribution in [0, 0.1) is 0 Å². The molecular weight excluding hydrogens is 199 g/mol. The largest absolute Gasteiger partial charge is 0.478 e. The van der Waals surface area contributed by atoms with E-state index in [1.54, 1.807) is 6.08 Å². The number of hydrogen-bond acceptors (Lipinski definition) is 2. The van der Waals surface area contributed by atoms with E-state index in [1.165, 1.54) is 6.92 Å². The fraction of sp³-hybridized carbons (Fsp3) is 0.571. The highest BCUT2D eigenvalue weighted by Gasteiger charge is 2.05. The molecule has 0 aromatic carbocycles. The molecule has 2 atom stereocenters. The van der Waals surface area contributed by atoms with Crippen LogP contribution in [-0.4, -0.2) is 23.1 Å². The number of carbonyl (C=O) groups is 1. The minimum atomic E-state index is -0.910. The van der Waals surface area contributed by atoms with E-state index >= 15 is 0 Å². The van der Waals surface area contributed by atoms with Gasteiger partial charge in [-0.3, -0.25) is 0 Å². The van der Waals surface area contributed by atoms with Gasteiger partial charge in [0.1, 0.15) is 0 Å². The summed E-state index contributed by atoms with van der Waals surface area (Å²) in [5.41, 5.74) is 0.312. The van der Waals surface area contributed by atoms with Crippen LogP contribution in [0.2, 0.25) is 0 Å². The number of halogens is 1. The predicted molar refractivity (Wildman–Crippen MR) is 51.3 cm³/mol. The molecule has 0 amide bonds. The van der Waals surface area contributed by atoms with Crippen molar-refractivity contribution in [2.75, 3.05) is 5.88 Å². The molecule has 0 aliphatic heterocycles. The molecule has 0 radical (unpaired) electrons. The molecule has 5 heteroatoms. The lowest BCUT2D eigenvalue weighted by atomic mass is 10.2. The average Bonchev–Trinajstić information content (AvgIpc) is 2.05. The van der Waals surface area contributed by atoms with Crippen molar-refractivity contribution in [2.24, 2.45) is 0 Å². The Labute approximate surface area is 79.0 Å². The number of hydrogen-bond donors (Lipinski definition) is 1. The topological polar surface area (TPSA) is 46.5 Å². The zero-order chi connectivity index (χ0) is 9.56. The van der Waals surface area contributed by atoms with Crippen LogP contribution in [0.4, 0.5) is 0 Å². The van der Waals surface area contributed by atoms with Crippen LogP contribution in [0.25, 0.3) is 0 Å². The van der Waals surface area contributed by atoms with E-state index in [0.29, 0.717) is 17.9 Å². The van der Waals surface area contributed by atoms with Crippen LogP contribution in [0.1, 0.15) is 13.3 Å². The smallest absolute Gasteiger partial charge is 0.330 e. The van der Waals surface area contributed by atoms with Crippen molar-refractivity contribution < 1.29 is 14.4 Å². The first-order chi connectivity index (χ1) is 5.61. The highest BCUT2D eigenvalue weighted by atomic mass is 35.5. The zero-order valence-electron chi connectivity index (χ0n) is 6.79. The molecule has 0 rings (SSSR count). The van der Waals surface area contributed by atoms with Gasteiger partial charge in [0.25, 0.3) is 0 Å². The molecule has 0 aromatic rings. The maximum Gasteiger partial charge on any atom is 0.330 e. The van der Waals surface area contributed by atoms with Gasteiger partial charge in [-0.1, -0.05) is 6.08 Å². The lowest BCUT2D eigenvalue weighted by Gasteiger charge is -2.07. The molecule has 0 heterocycles. The summed E-state index contributed by atoms with van der Waals surface area (Å²) in [4.78, 5) is 10.3. The van der Waals surface area contributed by atoms with Crippen molar-refractivity contribution in [3.8, 4) is 0 Å². The van der Waals surface area contributed by atoms with Crippen molar-refractivity contribution >= 4 is 27.0 Å². The first-order valence-electron chi connectivity index (χ1n) is 3.43. The predicted octanol–water partition coefficient (Wildman–Crippen LogP) is 1.82. The highest BCUT2D eigenvalue weighted by molar-refractivity contribution is 7.09. The standard InChI is InChI=1S/C7H12ClO3P/c1-5(7(9)10)2-3-6(4-8)11-12/h2,6H,3-4,12H2,1H3,(H,9,10). The summed E-state index contributed by atoms with van der Waals surface area (Å²) >= 11 is 5.52. The molecule has 0 fully saturated rings. The second-order valence-corrected chi connectivity index (χ2v) is 2.92. The molecule has 2 unspecified atom stereocenters. The molecule has 0 saturated carbocycles. The number of aliphatic carboxylic acids is 1. The molecule has 0 aliphatic rings. The third kappa shape index (κ3) is 4.70. The lowest BCUT2D eigenvalue weighted by Crippen LogP contribution is -2.08. The summed E-state index contributed by atoms with van der Waals surface area (Å²) in [6.07, 6.45) is 1.98. The van der Waals surface area contributed by atoms with Crippen molar-refractivity contribution in [2.45, 2.75) is 19.4 Å². The normalized spacial score (nSPS) is 14.4. The summed E-state index contributed by atoms with van der Waals surface area (Å²) in [6.45, 7) is 1.54. The van der Waals surface area contributed by atoms with E-state index in [1.807, 2.05) is 0 Å². The van der Waals surface area contributed by atoms with E-state index in [2.05, 4.69) is 9.47 Å². The molecule has 12 heavy (non-hydrogen) atoms. The van der Waals surface area contributed by atoms with Crippen molar-refractivity contribution in [1.82, 2.24) is 0 Å². The quantitative estimate of drug-likeness (QED) is 0.428. The van der Waals surface area contributed by atoms with E-state index < -0.39 is 5.97 Å². The molecule has 70 valence electrons. The maximum atomic E-state index is 10.3. The number of carboxylic acid groups (broad SMARTS) is 1. The van der Waals surface area contributed by atoms with Gasteiger partial charge in [-0.2, -0.15) is 0 Å². The Hall–Kier alpha value is -0.110. The van der Waals surface area contributed by atoms with Crippen LogP contribution in [0.15, 0.2) is 11.6 Å². The van der Waals surface area contributed by atoms with E-state index in [0.717, 1.165) is 0 Å². The Kier molecular flexibility index (Phi) is 6.35. The minimum absolute atomic E-state index is 0.133. The molecule has 0 bridgehead atoms. The van der Waals surface area contributed by atoms with Gasteiger partial charge in [0.15, 0.2) is 0 Å². The Bertz CT molecular complexity index is 177. The van der Waals surface area contributed by atoms with Crippen LogP contribution in [-0.2, 0) is 9.32 Å². The molecule has 1 N–H and O–H groups in total. The summed E-state index contributed by atoms with van der Waals surface area (Å²) < 4.78 is 4.88. The Morgan fingerprint density at radius 2 is 2.42 bits per heavy atom. The average molecular weight is 211 g/mol. The van der Waals surface area contributed by atoms with Crippen LogP contribution in [0.5, 0.6) is 0 Å². The van der Waals surface area contributed by atoms with Gasteiger partial charge in [0, 0.05) is 20.9 Å². The fourth-order valence-electron chi connectivity index (χ4n) is 0.550. The fourth-order valence-corrected chi connectivity index (χ4v) is 1.08. The van der Waals surface area contributed by atoms with Crippen molar-refractivity contribution in [3.63, 3.8) is 0 Å². The minimum Gasteiger partial charge on any atom is -0.478 e. The molecule has 0 aliphatic carbocycles. The van der Waals surface area contributed by atoms with Gasteiger partial charge < -0.3 is 9.63 Å². The monoisotopic (exact) mass is 210 g/mol. The summed E-state index contributed by atoms with van der Waals surface area (Å²) in [6, 6.07) is 0. The first kappa shape index (κ1) is 11.9. The zero-order valence-corrected chi connectivity index (χ0v) is 8.70. The second kappa shape index (κ2) is 6.41. The van der Waals surface area contributed by atoms with E-state index in [-0.39, 0.29) is 6.10 Å². The third-order valence-electron chi connectivity index (χ3n) is 1.39. The molecular formula is C7H12ClO3P. The van der Waals surface area contributed by atoms with Crippen LogP contribution < -0.4 is 0 Å². The van der Waals surface area contributed by atoms with Gasteiger partial charge in [0.2, 0.25) is 0 Å². The van der Waals surface area contributed by atoms with Crippen LogP contribution >= 0.6 is 21.1 Å². The second-order valence-electron chi connectivity index (χ2n) is 2.34. The summed E-state index contributed by atoms with van der Waals surface area (Å²) in [5, 5.41) is 8.49. The van der Waals surface area contributed by atoms with Crippen molar-refractivity contribution in [3.05, 3.63) is 11.6 Å². The van der Waals surface area contributed by atoms with E-state index in [4.69, 9.17) is 21.2 Å². The van der Waals surface area contributed by atoms with Crippen molar-refractivity contribution in [1.29, 1.82) is 0 Å². The van der Waals surface area contributed by atoms with Gasteiger partial charge >= 0.3 is 5.97 Å². The molecule has 0 aromatic heterocycles. The van der Waals surface area contributed by atoms with Gasteiger partial charge in [0.05, 0.1) is 6.10 Å². The third-order valence-corrected chi connectivity index (χ3v) is 2.12. The van der Waals surface area contributed by atoms with E-state index in [9.17, 15) is 4.79 Å². The Morgan fingerprint density at radius 1 is 1.83 bits per heavy atom. The summed E-state index contributed by atoms with van der Waals surface area (Å²) in [5.74, 6) is -0.556. The SMILES string of the molecule is CC(=CCC(CCl)OP)C(=O)O. The maximum absolute atomic E-state index is 10.3. The van der Waals surface area contributed by atoms with Gasteiger partial charge in [-0.25, -0.2) is 4.79 Å². The Balaban J connectivity index is 3.93. The van der Waals surface area contributed by atoms with Gasteiger partial charge in [-0.05, 0) is 13.3 Å². The molecule has 0 spiro atoms. The summed E-state index contributed by atoms with van der Waals surface area (Å²) in [7, 11) is 2.11. The molecule has 3 nitrogen and oxygen atoms in total. The Morgan fingerprint density at radius 3 is 2.75 bits per heavy atom. The number of alkyl halides is 1. The lowest BCUT2D eigenvalue weighted by molar-refractivity contribution is -0.132. The highest BCUT2D eigenvalue weighted by Crippen LogP contribution is 2.08.